The Balaban J connectivity index is 1.50. The molecule has 2 aliphatic rings. The molecular formula is C24H27N3O5. The van der Waals surface area contributed by atoms with Crippen LogP contribution in [0, 0.1) is 24.7 Å². The zero-order valence-electron chi connectivity index (χ0n) is 18.4. The molecule has 3 atom stereocenters. The first-order chi connectivity index (χ1) is 15.3. The molecule has 3 unspecified atom stereocenters. The van der Waals surface area contributed by atoms with Crippen LogP contribution in [0.15, 0.2) is 40.8 Å². The summed E-state index contributed by atoms with van der Waals surface area (Å²) in [6.07, 6.45) is 5.12. The summed E-state index contributed by atoms with van der Waals surface area (Å²) in [6, 6.07) is 6.28. The second kappa shape index (κ2) is 8.61. The van der Waals surface area contributed by atoms with E-state index in [2.05, 4.69) is 10.9 Å². The fourth-order valence-electron chi connectivity index (χ4n) is 4.56. The number of furan rings is 1. The van der Waals surface area contributed by atoms with Crippen molar-refractivity contribution in [1.82, 2.24) is 15.8 Å². The summed E-state index contributed by atoms with van der Waals surface area (Å²) < 4.78 is 5.63. The van der Waals surface area contributed by atoms with E-state index in [1.54, 1.807) is 13.0 Å². The van der Waals surface area contributed by atoms with E-state index >= 15 is 0 Å². The fourth-order valence-corrected chi connectivity index (χ4v) is 4.56. The molecule has 4 amide bonds. The lowest BCUT2D eigenvalue weighted by Crippen LogP contribution is -2.54. The molecule has 4 rings (SSSR count). The minimum atomic E-state index is -0.988. The third-order valence-corrected chi connectivity index (χ3v) is 6.20. The molecule has 0 spiro atoms. The number of hydrazine groups is 1. The van der Waals surface area contributed by atoms with E-state index in [-0.39, 0.29) is 23.5 Å². The predicted octanol–water partition coefficient (Wildman–Crippen LogP) is 2.87. The van der Waals surface area contributed by atoms with Crippen LogP contribution in [0.4, 0.5) is 0 Å². The number of amides is 4. The number of nitrogens with zero attached hydrogens (tertiary/aromatic N) is 1. The third-order valence-electron chi connectivity index (χ3n) is 6.20. The van der Waals surface area contributed by atoms with Gasteiger partial charge in [0.15, 0.2) is 5.76 Å². The maximum Gasteiger partial charge on any atom is 0.305 e. The van der Waals surface area contributed by atoms with Gasteiger partial charge in [0, 0.05) is 10.9 Å². The number of carbonyl (C=O) groups excluding carboxylic acids is 4. The molecule has 1 fully saturated rings. The van der Waals surface area contributed by atoms with Crippen LogP contribution in [0.5, 0.6) is 0 Å². The molecule has 2 aromatic rings. The van der Waals surface area contributed by atoms with Crippen LogP contribution in [0.3, 0.4) is 0 Å². The lowest BCUT2D eigenvalue weighted by molar-refractivity contribution is -0.148. The van der Waals surface area contributed by atoms with Crippen molar-refractivity contribution in [3.63, 3.8) is 0 Å². The zero-order chi connectivity index (χ0) is 23.0. The summed E-state index contributed by atoms with van der Waals surface area (Å²) in [4.78, 5) is 52.7. The van der Waals surface area contributed by atoms with Gasteiger partial charge in [-0.1, -0.05) is 44.2 Å². The normalized spacial score (nSPS) is 21.2. The molecule has 0 radical (unpaired) electrons. The van der Waals surface area contributed by atoms with Gasteiger partial charge in [-0.2, -0.15) is 0 Å². The smallest absolute Gasteiger partial charge is 0.305 e. The van der Waals surface area contributed by atoms with Crippen molar-refractivity contribution in [3.05, 3.63) is 47.7 Å². The molecule has 2 N–H and O–H groups in total. The average molecular weight is 437 g/mol. The number of allylic oxidation sites excluding steroid dienone is 2. The number of aryl methyl sites for hydroxylation is 1. The molecule has 0 bridgehead atoms. The van der Waals surface area contributed by atoms with Gasteiger partial charge >= 0.3 is 5.91 Å². The molecule has 8 heteroatoms. The molecule has 1 aliphatic heterocycles. The topological polar surface area (TPSA) is 109 Å². The van der Waals surface area contributed by atoms with Crippen LogP contribution in [0.25, 0.3) is 11.0 Å². The van der Waals surface area contributed by atoms with Crippen LogP contribution >= 0.6 is 0 Å². The van der Waals surface area contributed by atoms with Gasteiger partial charge in [-0.15, -0.1) is 0 Å². The van der Waals surface area contributed by atoms with Gasteiger partial charge < -0.3 is 4.42 Å². The number of likely N-dealkylation sites (tertiary alicyclic amines) is 1. The Kier molecular flexibility index (Phi) is 5.86. The second-order valence-electron chi connectivity index (χ2n) is 8.84. The van der Waals surface area contributed by atoms with Gasteiger partial charge in [0.1, 0.15) is 11.6 Å². The molecule has 1 aromatic carbocycles. The summed E-state index contributed by atoms with van der Waals surface area (Å²) >= 11 is 0. The minimum Gasteiger partial charge on any atom is -0.451 e. The van der Waals surface area contributed by atoms with Crippen LogP contribution in [0.2, 0.25) is 0 Å². The summed E-state index contributed by atoms with van der Waals surface area (Å²) in [6.45, 7) is 5.59. The van der Waals surface area contributed by atoms with Crippen molar-refractivity contribution in [3.8, 4) is 0 Å². The van der Waals surface area contributed by atoms with Gasteiger partial charge in [0.05, 0.1) is 11.8 Å². The van der Waals surface area contributed by atoms with Crippen LogP contribution in [-0.4, -0.2) is 34.6 Å². The number of hydrogen-bond acceptors (Lipinski definition) is 5. The number of rotatable bonds is 5. The van der Waals surface area contributed by atoms with Crippen molar-refractivity contribution in [2.24, 2.45) is 17.8 Å². The van der Waals surface area contributed by atoms with Gasteiger partial charge in [0.25, 0.3) is 5.91 Å². The number of carbonyl (C=O) groups is 4. The van der Waals surface area contributed by atoms with E-state index in [0.29, 0.717) is 30.4 Å². The predicted molar refractivity (Wildman–Crippen MR) is 117 cm³/mol. The first kappa shape index (κ1) is 21.8. The quantitative estimate of drug-likeness (QED) is 0.425. The Morgan fingerprint density at radius 1 is 1.06 bits per heavy atom. The van der Waals surface area contributed by atoms with Gasteiger partial charge in [0.2, 0.25) is 11.8 Å². The van der Waals surface area contributed by atoms with Crippen LogP contribution in [-0.2, 0) is 14.4 Å². The largest absolute Gasteiger partial charge is 0.451 e. The molecule has 32 heavy (non-hydrogen) atoms. The second-order valence-corrected chi connectivity index (χ2v) is 8.84. The van der Waals surface area contributed by atoms with Crippen molar-refractivity contribution < 1.29 is 23.6 Å². The molecule has 1 aliphatic carbocycles. The summed E-state index contributed by atoms with van der Waals surface area (Å²) in [5.74, 6) is -2.51. The first-order valence-corrected chi connectivity index (χ1v) is 10.9. The molecule has 1 aromatic heterocycles. The summed E-state index contributed by atoms with van der Waals surface area (Å²) in [5, 5.41) is 0.811. The Labute approximate surface area is 186 Å². The van der Waals surface area contributed by atoms with Crippen molar-refractivity contribution >= 4 is 34.6 Å². The summed E-state index contributed by atoms with van der Waals surface area (Å²) in [7, 11) is 0. The zero-order valence-corrected chi connectivity index (χ0v) is 18.4. The molecule has 0 saturated carbocycles. The van der Waals surface area contributed by atoms with Crippen molar-refractivity contribution in [2.75, 3.05) is 0 Å². The lowest BCUT2D eigenvalue weighted by Gasteiger charge is -2.27. The Morgan fingerprint density at radius 2 is 1.69 bits per heavy atom. The SMILES string of the molecule is Cc1c(C(=O)NNC(=O)C(CC(C)C)N2C(=O)C3CC=CCC3C2=O)oc2ccccc12. The monoisotopic (exact) mass is 437 g/mol. The highest BCUT2D eigenvalue weighted by molar-refractivity contribution is 6.09. The Bertz CT molecular complexity index is 1090. The number of para-hydroxylation sites is 1. The fraction of sp³-hybridized carbons (Fsp3) is 0.417. The molecule has 168 valence electrons. The highest BCUT2D eigenvalue weighted by Gasteiger charge is 2.51. The molecule has 1 saturated heterocycles. The van der Waals surface area contributed by atoms with Crippen molar-refractivity contribution in [1.29, 1.82) is 0 Å². The highest BCUT2D eigenvalue weighted by atomic mass is 16.3. The maximum absolute atomic E-state index is 13.0. The average Bonchev–Trinajstić information content (AvgIpc) is 3.25. The van der Waals surface area contributed by atoms with E-state index in [9.17, 15) is 19.2 Å². The van der Waals surface area contributed by atoms with E-state index in [1.807, 2.05) is 44.2 Å². The molecule has 8 nitrogen and oxygen atoms in total. The van der Waals surface area contributed by atoms with E-state index < -0.39 is 29.7 Å². The van der Waals surface area contributed by atoms with E-state index in [0.717, 1.165) is 10.3 Å². The molecule has 2 heterocycles. The summed E-state index contributed by atoms with van der Waals surface area (Å²) in [5.41, 5.74) is 6.01. The standard InChI is InChI=1S/C24H27N3O5/c1-13(2)12-18(27-23(30)16-9-4-5-10-17(16)24(27)31)21(28)25-26-22(29)20-14(3)15-8-6-7-11-19(15)32-20/h4-8,11,13,16-18H,9-10,12H2,1-3H3,(H,25,28)(H,26,29). The number of benzene rings is 1. The highest BCUT2D eigenvalue weighted by Crippen LogP contribution is 2.37. The lowest BCUT2D eigenvalue weighted by atomic mass is 9.85. The number of fused-ring (bicyclic) bond motifs is 2. The van der Waals surface area contributed by atoms with E-state index in [4.69, 9.17) is 4.42 Å². The van der Waals surface area contributed by atoms with Gasteiger partial charge in [-0.25, -0.2) is 0 Å². The van der Waals surface area contributed by atoms with Crippen molar-refractivity contribution in [2.45, 2.75) is 46.1 Å². The Morgan fingerprint density at radius 3 is 2.28 bits per heavy atom. The minimum absolute atomic E-state index is 0.0559. The van der Waals surface area contributed by atoms with Crippen LogP contribution < -0.4 is 10.9 Å². The number of imide groups is 1. The van der Waals surface area contributed by atoms with E-state index in [1.165, 1.54) is 0 Å². The molecular weight excluding hydrogens is 410 g/mol. The Hall–Kier alpha value is -3.42. The van der Waals surface area contributed by atoms with Gasteiger partial charge in [-0.3, -0.25) is 34.9 Å². The third kappa shape index (κ3) is 3.81. The maximum atomic E-state index is 13.0. The van der Waals surface area contributed by atoms with Gasteiger partial charge in [-0.05, 0) is 38.2 Å². The first-order valence-electron chi connectivity index (χ1n) is 10.9. The number of nitrogens with one attached hydrogen (secondary N) is 2. The number of hydrogen-bond donors (Lipinski definition) is 2. The van der Waals surface area contributed by atoms with Crippen LogP contribution in [0.1, 0.15) is 49.2 Å².